The van der Waals surface area contributed by atoms with Gasteiger partial charge in [0.05, 0.1) is 16.8 Å². The Hall–Kier alpha value is -6.41. The lowest BCUT2D eigenvalue weighted by atomic mass is 10.0. The molecule has 0 spiro atoms. The first-order valence-corrected chi connectivity index (χ1v) is 20.0. The molecule has 7 rings (SSSR count). The lowest BCUT2D eigenvalue weighted by molar-refractivity contribution is -0.136. The predicted molar refractivity (Wildman–Crippen MR) is 219 cm³/mol. The third kappa shape index (κ3) is 9.02. The van der Waals surface area contributed by atoms with E-state index in [0.29, 0.717) is 52.4 Å². The summed E-state index contributed by atoms with van der Waals surface area (Å²) < 4.78 is 1.01. The smallest absolute Gasteiger partial charge is 0.257 e. The molecule has 2 aliphatic rings. The SMILES string of the molecule is Cc1ccccc1Nc1ncc(C(=O)NCCCCCCCNC(=O)c2ccc3c(c2)CN(C2CCC(=O)NC2=O)C3=O)cc1NC(=O)c1csc2ccccc12. The van der Waals surface area contributed by atoms with Crippen LogP contribution < -0.4 is 26.6 Å². The highest BCUT2D eigenvalue weighted by atomic mass is 32.1. The molecule has 2 aliphatic heterocycles. The lowest BCUT2D eigenvalue weighted by Gasteiger charge is -2.29. The molecule has 2 aromatic heterocycles. The number of aryl methyl sites for hydroxylation is 1. The number of amides is 6. The van der Waals surface area contributed by atoms with Gasteiger partial charge in [0, 0.05) is 64.5 Å². The number of anilines is 3. The minimum absolute atomic E-state index is 0.181. The summed E-state index contributed by atoms with van der Waals surface area (Å²) in [4.78, 5) is 82.3. The number of hydrogen-bond donors (Lipinski definition) is 5. The van der Waals surface area contributed by atoms with E-state index in [9.17, 15) is 28.8 Å². The van der Waals surface area contributed by atoms with Gasteiger partial charge in [-0.3, -0.25) is 34.1 Å². The Balaban J connectivity index is 0.849. The first-order chi connectivity index (χ1) is 27.7. The van der Waals surface area contributed by atoms with Crippen molar-refractivity contribution in [2.75, 3.05) is 23.7 Å². The normalized spacial score (nSPS) is 14.9. The number of nitrogens with one attached hydrogen (secondary N) is 5. The summed E-state index contributed by atoms with van der Waals surface area (Å²) in [7, 11) is 0. The van der Waals surface area contributed by atoms with E-state index in [1.807, 2.05) is 60.8 Å². The van der Waals surface area contributed by atoms with Crippen LogP contribution in [0.5, 0.6) is 0 Å². The Morgan fingerprint density at radius 2 is 1.54 bits per heavy atom. The minimum atomic E-state index is -0.703. The van der Waals surface area contributed by atoms with Crippen molar-refractivity contribution in [3.05, 3.63) is 118 Å². The molecular formula is C43H43N7O6S. The zero-order valence-electron chi connectivity index (χ0n) is 31.5. The molecule has 3 aromatic carbocycles. The zero-order chi connectivity index (χ0) is 39.9. The van der Waals surface area contributed by atoms with Gasteiger partial charge in [0.2, 0.25) is 11.8 Å². The van der Waals surface area contributed by atoms with Gasteiger partial charge >= 0.3 is 0 Å². The maximum absolute atomic E-state index is 13.5. The van der Waals surface area contributed by atoms with Crippen molar-refractivity contribution < 1.29 is 28.8 Å². The number of benzene rings is 3. The lowest BCUT2D eigenvalue weighted by Crippen LogP contribution is -2.52. The first kappa shape index (κ1) is 38.8. The molecule has 1 unspecified atom stereocenters. The van der Waals surface area contributed by atoms with E-state index in [1.54, 1.807) is 24.3 Å². The summed E-state index contributed by atoms with van der Waals surface area (Å²) in [6.07, 6.45) is 6.24. The molecule has 1 atom stereocenters. The average molecular weight is 786 g/mol. The van der Waals surface area contributed by atoms with E-state index in [0.717, 1.165) is 53.4 Å². The van der Waals surface area contributed by atoms with Gasteiger partial charge < -0.3 is 26.2 Å². The Kier molecular flexibility index (Phi) is 12.0. The number of rotatable bonds is 15. The molecule has 5 N–H and O–H groups in total. The van der Waals surface area contributed by atoms with Crippen LogP contribution in [0.4, 0.5) is 17.2 Å². The van der Waals surface area contributed by atoms with Gasteiger partial charge in [-0.25, -0.2) is 4.98 Å². The van der Waals surface area contributed by atoms with Gasteiger partial charge in [-0.05, 0) is 73.7 Å². The molecule has 1 fully saturated rings. The second kappa shape index (κ2) is 17.6. The summed E-state index contributed by atoms with van der Waals surface area (Å²) >= 11 is 1.50. The number of pyridine rings is 1. The van der Waals surface area contributed by atoms with E-state index >= 15 is 0 Å². The molecule has 0 radical (unpaired) electrons. The number of imide groups is 1. The topological polar surface area (TPSA) is 179 Å². The summed E-state index contributed by atoms with van der Waals surface area (Å²) in [5, 5.41) is 17.2. The number of carbonyl (C=O) groups excluding carboxylic acids is 6. The monoisotopic (exact) mass is 785 g/mol. The number of hydrogen-bond acceptors (Lipinski definition) is 9. The fourth-order valence-electron chi connectivity index (χ4n) is 7.07. The van der Waals surface area contributed by atoms with Crippen LogP contribution in [0.25, 0.3) is 10.1 Å². The molecule has 0 saturated carbocycles. The zero-order valence-corrected chi connectivity index (χ0v) is 32.3. The standard InChI is InChI=1S/C43H43N7O6S/c1-26-11-5-7-13-33(26)47-38-34(48-41(54)32-25-57-36-14-8-6-12-31(32)36)22-28(23-46-38)40(53)45-20-10-4-2-3-9-19-44-39(52)27-15-16-30-29(21-27)24-50(43(30)56)35-17-18-37(51)49-42(35)55/h5-8,11-16,21-23,25,35H,2-4,9-10,17-20,24H2,1H3,(H,44,52)(H,45,53)(H,46,47)(H,48,54)(H,49,51,55). The molecule has 1 saturated heterocycles. The van der Waals surface area contributed by atoms with E-state index in [-0.39, 0.29) is 48.9 Å². The van der Waals surface area contributed by atoms with Crippen LogP contribution in [0, 0.1) is 6.92 Å². The van der Waals surface area contributed by atoms with Crippen LogP contribution in [0.2, 0.25) is 0 Å². The average Bonchev–Trinajstić information content (AvgIpc) is 3.79. The number of nitrogens with zero attached hydrogens (tertiary/aromatic N) is 2. The highest BCUT2D eigenvalue weighted by Crippen LogP contribution is 2.31. The van der Waals surface area contributed by atoms with E-state index in [4.69, 9.17) is 0 Å². The molecule has 0 bridgehead atoms. The van der Waals surface area contributed by atoms with Gasteiger partial charge in [-0.15, -0.1) is 11.3 Å². The van der Waals surface area contributed by atoms with Crippen molar-refractivity contribution >= 4 is 74.1 Å². The Morgan fingerprint density at radius 3 is 2.32 bits per heavy atom. The second-order valence-corrected chi connectivity index (χ2v) is 15.1. The second-order valence-electron chi connectivity index (χ2n) is 14.2. The largest absolute Gasteiger partial charge is 0.352 e. The molecule has 57 heavy (non-hydrogen) atoms. The van der Waals surface area contributed by atoms with Gasteiger partial charge in [0.1, 0.15) is 6.04 Å². The maximum Gasteiger partial charge on any atom is 0.257 e. The summed E-state index contributed by atoms with van der Waals surface area (Å²) in [5.74, 6) is -1.47. The van der Waals surface area contributed by atoms with Gasteiger partial charge in [-0.1, -0.05) is 55.7 Å². The molecule has 6 amide bonds. The number of thiophene rings is 1. The van der Waals surface area contributed by atoms with Crippen molar-refractivity contribution in [2.45, 2.75) is 64.5 Å². The maximum atomic E-state index is 13.5. The van der Waals surface area contributed by atoms with Crippen LogP contribution in [-0.2, 0) is 16.1 Å². The highest BCUT2D eigenvalue weighted by Gasteiger charge is 2.39. The minimum Gasteiger partial charge on any atom is -0.352 e. The number of aromatic nitrogens is 1. The number of fused-ring (bicyclic) bond motifs is 2. The fraction of sp³-hybridized carbons (Fsp3) is 0.279. The Morgan fingerprint density at radius 1 is 0.825 bits per heavy atom. The molecular weight excluding hydrogens is 743 g/mol. The third-order valence-electron chi connectivity index (χ3n) is 10.2. The molecule has 0 aliphatic carbocycles. The number of para-hydroxylation sites is 1. The quantitative estimate of drug-likeness (QED) is 0.0592. The van der Waals surface area contributed by atoms with Gasteiger partial charge in [0.25, 0.3) is 23.6 Å². The summed E-state index contributed by atoms with van der Waals surface area (Å²) in [6, 6.07) is 21.3. The van der Waals surface area contributed by atoms with Crippen LogP contribution in [-0.4, -0.2) is 64.5 Å². The van der Waals surface area contributed by atoms with E-state index in [2.05, 4.69) is 31.6 Å². The summed E-state index contributed by atoms with van der Waals surface area (Å²) in [5.41, 5.74) is 4.70. The van der Waals surface area contributed by atoms with Crippen LogP contribution in [0.15, 0.2) is 84.4 Å². The van der Waals surface area contributed by atoms with E-state index < -0.39 is 11.9 Å². The van der Waals surface area contributed by atoms with E-state index in [1.165, 1.54) is 22.4 Å². The molecule has 13 nitrogen and oxygen atoms in total. The van der Waals surface area contributed by atoms with Crippen molar-refractivity contribution in [1.82, 2.24) is 25.8 Å². The van der Waals surface area contributed by atoms with Gasteiger partial charge in [-0.2, -0.15) is 0 Å². The summed E-state index contributed by atoms with van der Waals surface area (Å²) in [6.45, 7) is 3.16. The molecule has 5 aromatic rings. The van der Waals surface area contributed by atoms with Crippen molar-refractivity contribution in [1.29, 1.82) is 0 Å². The first-order valence-electron chi connectivity index (χ1n) is 19.1. The number of unbranched alkanes of at least 4 members (excludes halogenated alkanes) is 4. The molecule has 14 heteroatoms. The van der Waals surface area contributed by atoms with Crippen LogP contribution in [0.1, 0.15) is 97.5 Å². The predicted octanol–water partition coefficient (Wildman–Crippen LogP) is 6.47. The Bertz CT molecular complexity index is 2380. The van der Waals surface area contributed by atoms with Crippen molar-refractivity contribution in [3.8, 4) is 0 Å². The van der Waals surface area contributed by atoms with Gasteiger partial charge in [0.15, 0.2) is 5.82 Å². The Labute approximate surface area is 333 Å². The number of piperidine rings is 1. The molecule has 292 valence electrons. The van der Waals surface area contributed by atoms with Crippen molar-refractivity contribution in [2.24, 2.45) is 0 Å². The molecule has 4 heterocycles. The van der Waals surface area contributed by atoms with Crippen LogP contribution in [0.3, 0.4) is 0 Å². The van der Waals surface area contributed by atoms with Crippen molar-refractivity contribution in [3.63, 3.8) is 0 Å². The highest BCUT2D eigenvalue weighted by molar-refractivity contribution is 7.17. The third-order valence-corrected chi connectivity index (χ3v) is 11.2. The fourth-order valence-corrected chi connectivity index (χ4v) is 8.01. The van der Waals surface area contributed by atoms with Crippen LogP contribution >= 0.6 is 11.3 Å². The number of carbonyl (C=O) groups is 6.